The van der Waals surface area contributed by atoms with Gasteiger partial charge in [0.05, 0.1) is 29.3 Å². The highest BCUT2D eigenvalue weighted by molar-refractivity contribution is 7.98. The van der Waals surface area contributed by atoms with Crippen LogP contribution in [-0.4, -0.2) is 23.3 Å². The second kappa shape index (κ2) is 7.71. The molecule has 3 aromatic rings. The van der Waals surface area contributed by atoms with Gasteiger partial charge in [-0.15, -0.1) is 0 Å². The molecule has 0 aliphatic heterocycles. The Morgan fingerprint density at radius 1 is 1.29 bits per heavy atom. The van der Waals surface area contributed by atoms with Crippen molar-refractivity contribution >= 4 is 34.4 Å². The Hall–Kier alpha value is -2.00. The van der Waals surface area contributed by atoms with Gasteiger partial charge in [0.15, 0.2) is 5.16 Å². The van der Waals surface area contributed by atoms with Crippen LogP contribution in [0.1, 0.15) is 11.1 Å². The van der Waals surface area contributed by atoms with Crippen LogP contribution in [0.2, 0.25) is 5.02 Å². The number of nitrogens with zero attached hydrogens (tertiary/aromatic N) is 3. The summed E-state index contributed by atoms with van der Waals surface area (Å²) in [6.07, 6.45) is 0. The number of hydrogen-bond acceptors (Lipinski definition) is 4. The molecule has 0 fully saturated rings. The highest BCUT2D eigenvalue weighted by Crippen LogP contribution is 2.29. The van der Waals surface area contributed by atoms with Gasteiger partial charge in [-0.25, -0.2) is 4.98 Å². The molecule has 0 amide bonds. The molecule has 0 aliphatic carbocycles. The zero-order valence-corrected chi connectivity index (χ0v) is 14.8. The minimum atomic E-state index is 0.608. The number of halogens is 1. The molecule has 0 radical (unpaired) electrons. The van der Waals surface area contributed by atoms with Crippen molar-refractivity contribution in [1.82, 2.24) is 9.55 Å². The van der Waals surface area contributed by atoms with E-state index in [1.54, 1.807) is 18.9 Å². The normalized spacial score (nSPS) is 10.9. The van der Waals surface area contributed by atoms with E-state index in [1.807, 2.05) is 42.5 Å². The van der Waals surface area contributed by atoms with Crippen LogP contribution in [-0.2, 0) is 17.0 Å². The first-order valence-corrected chi connectivity index (χ1v) is 8.85. The van der Waals surface area contributed by atoms with Crippen molar-refractivity contribution < 1.29 is 4.74 Å². The number of benzene rings is 2. The highest BCUT2D eigenvalue weighted by Gasteiger charge is 2.12. The zero-order chi connectivity index (χ0) is 16.9. The van der Waals surface area contributed by atoms with Crippen molar-refractivity contribution in [2.45, 2.75) is 17.5 Å². The Kier molecular flexibility index (Phi) is 5.41. The Balaban J connectivity index is 1.91. The maximum Gasteiger partial charge on any atom is 0.169 e. The second-order valence-corrected chi connectivity index (χ2v) is 6.61. The van der Waals surface area contributed by atoms with E-state index in [1.165, 1.54) is 0 Å². The fraction of sp³-hybridized carbons (Fsp3) is 0.222. The summed E-state index contributed by atoms with van der Waals surface area (Å²) in [4.78, 5) is 4.70. The number of fused-ring (bicyclic) bond motifs is 1. The molecule has 1 aromatic heterocycles. The average Bonchev–Trinajstić information content (AvgIpc) is 2.94. The molecule has 2 aromatic carbocycles. The summed E-state index contributed by atoms with van der Waals surface area (Å²) in [5.41, 5.74) is 3.61. The maximum absolute atomic E-state index is 9.22. The Bertz CT molecular complexity index is 901. The lowest BCUT2D eigenvalue weighted by molar-refractivity contribution is 0.186. The fourth-order valence-corrected chi connectivity index (χ4v) is 3.70. The quantitative estimate of drug-likeness (QED) is 0.609. The van der Waals surface area contributed by atoms with Gasteiger partial charge in [-0.3, -0.25) is 0 Å². The highest BCUT2D eigenvalue weighted by atomic mass is 35.5. The molecule has 0 N–H and O–H groups in total. The summed E-state index contributed by atoms with van der Waals surface area (Å²) < 4.78 is 7.35. The summed E-state index contributed by atoms with van der Waals surface area (Å²) >= 11 is 7.69. The minimum Gasteiger partial charge on any atom is -0.383 e. The third-order valence-electron chi connectivity index (χ3n) is 3.69. The van der Waals surface area contributed by atoms with Crippen molar-refractivity contribution in [1.29, 1.82) is 5.26 Å². The molecular formula is C18H16ClN3OS. The number of aromatic nitrogens is 2. The van der Waals surface area contributed by atoms with E-state index in [0.29, 0.717) is 22.9 Å². The molecule has 0 saturated carbocycles. The van der Waals surface area contributed by atoms with E-state index < -0.39 is 0 Å². The van der Waals surface area contributed by atoms with E-state index in [0.717, 1.165) is 28.3 Å². The number of hydrogen-bond donors (Lipinski definition) is 0. The number of methoxy groups -OCH3 is 1. The lowest BCUT2D eigenvalue weighted by atomic mass is 10.1. The van der Waals surface area contributed by atoms with Gasteiger partial charge >= 0.3 is 0 Å². The topological polar surface area (TPSA) is 50.8 Å². The van der Waals surface area contributed by atoms with Gasteiger partial charge in [-0.05, 0) is 29.8 Å². The third-order valence-corrected chi connectivity index (χ3v) is 4.95. The molecule has 24 heavy (non-hydrogen) atoms. The van der Waals surface area contributed by atoms with Gasteiger partial charge in [0, 0.05) is 24.4 Å². The van der Waals surface area contributed by atoms with Gasteiger partial charge in [0.2, 0.25) is 0 Å². The molecule has 122 valence electrons. The molecule has 0 aliphatic rings. The number of rotatable bonds is 6. The second-order valence-electron chi connectivity index (χ2n) is 5.23. The molecule has 6 heteroatoms. The molecule has 0 atom stereocenters. The molecule has 1 heterocycles. The molecule has 0 saturated heterocycles. The van der Waals surface area contributed by atoms with Gasteiger partial charge in [0.1, 0.15) is 0 Å². The predicted molar refractivity (Wildman–Crippen MR) is 97.3 cm³/mol. The number of thioether (sulfide) groups is 1. The first-order chi connectivity index (χ1) is 11.7. The van der Waals surface area contributed by atoms with Crippen LogP contribution in [0.5, 0.6) is 0 Å². The monoisotopic (exact) mass is 357 g/mol. The van der Waals surface area contributed by atoms with Crippen molar-refractivity contribution in [2.24, 2.45) is 0 Å². The molecule has 0 bridgehead atoms. The summed E-state index contributed by atoms with van der Waals surface area (Å²) in [6.45, 7) is 1.33. The van der Waals surface area contributed by atoms with Crippen molar-refractivity contribution in [3.8, 4) is 6.07 Å². The first-order valence-electron chi connectivity index (χ1n) is 7.48. The van der Waals surface area contributed by atoms with Crippen molar-refractivity contribution in [2.75, 3.05) is 13.7 Å². The van der Waals surface area contributed by atoms with E-state index >= 15 is 0 Å². The lowest BCUT2D eigenvalue weighted by Crippen LogP contribution is -2.05. The summed E-state index contributed by atoms with van der Waals surface area (Å²) in [5.74, 6) is 0.688. The first kappa shape index (κ1) is 16.8. The van der Waals surface area contributed by atoms with Crippen LogP contribution in [0.4, 0.5) is 0 Å². The van der Waals surface area contributed by atoms with Crippen LogP contribution < -0.4 is 0 Å². The molecule has 3 rings (SSSR count). The van der Waals surface area contributed by atoms with Crippen LogP contribution in [0.25, 0.3) is 11.0 Å². The molecule has 4 nitrogen and oxygen atoms in total. The van der Waals surface area contributed by atoms with Crippen LogP contribution in [0.3, 0.4) is 0 Å². The standard InChI is InChI=1S/C18H16ClN3OS/c1-23-9-8-22-17-7-6-15(19)10-16(17)21-18(22)24-12-14-5-3-2-4-13(14)11-20/h2-7,10H,8-9,12H2,1H3. The Morgan fingerprint density at radius 2 is 2.12 bits per heavy atom. The van der Waals surface area contributed by atoms with Crippen LogP contribution >= 0.6 is 23.4 Å². The molecule has 0 spiro atoms. The van der Waals surface area contributed by atoms with E-state index in [9.17, 15) is 5.26 Å². The number of imidazole rings is 1. The van der Waals surface area contributed by atoms with Crippen LogP contribution in [0.15, 0.2) is 47.6 Å². The third kappa shape index (κ3) is 3.57. The van der Waals surface area contributed by atoms with Gasteiger partial charge in [-0.2, -0.15) is 5.26 Å². The smallest absolute Gasteiger partial charge is 0.169 e. The predicted octanol–water partition coefficient (Wildman–Crippen LogP) is 4.50. The minimum absolute atomic E-state index is 0.608. The SMILES string of the molecule is COCCn1c(SCc2ccccc2C#N)nc2cc(Cl)ccc21. The van der Waals surface area contributed by atoms with Gasteiger partial charge in [-0.1, -0.05) is 41.6 Å². The van der Waals surface area contributed by atoms with Gasteiger partial charge in [0.25, 0.3) is 0 Å². The molecule has 0 unspecified atom stereocenters. The summed E-state index contributed by atoms with van der Waals surface area (Å²) in [7, 11) is 1.69. The van der Waals surface area contributed by atoms with E-state index in [2.05, 4.69) is 10.6 Å². The number of nitriles is 1. The van der Waals surface area contributed by atoms with E-state index in [4.69, 9.17) is 21.3 Å². The average molecular weight is 358 g/mol. The fourth-order valence-electron chi connectivity index (χ4n) is 2.49. The van der Waals surface area contributed by atoms with Crippen molar-refractivity contribution in [3.63, 3.8) is 0 Å². The maximum atomic E-state index is 9.22. The van der Waals surface area contributed by atoms with Crippen LogP contribution in [0, 0.1) is 11.3 Å². The van der Waals surface area contributed by atoms with E-state index in [-0.39, 0.29) is 0 Å². The largest absolute Gasteiger partial charge is 0.383 e. The summed E-state index contributed by atoms with van der Waals surface area (Å²) in [5, 5.41) is 10.8. The van der Waals surface area contributed by atoms with Gasteiger partial charge < -0.3 is 9.30 Å². The molecular weight excluding hydrogens is 342 g/mol. The lowest BCUT2D eigenvalue weighted by Gasteiger charge is -2.09. The Labute approximate surface area is 150 Å². The number of ether oxygens (including phenoxy) is 1. The van der Waals surface area contributed by atoms with Crippen molar-refractivity contribution in [3.05, 3.63) is 58.6 Å². The summed E-state index contributed by atoms with van der Waals surface area (Å²) in [6, 6.07) is 15.6. The zero-order valence-electron chi connectivity index (χ0n) is 13.2. The Morgan fingerprint density at radius 3 is 2.92 bits per heavy atom.